The van der Waals surface area contributed by atoms with E-state index in [9.17, 15) is 4.79 Å². The molecular formula is C15H12N4OS. The Kier molecular flexibility index (Phi) is 2.90. The van der Waals surface area contributed by atoms with Crippen molar-refractivity contribution < 1.29 is 4.79 Å². The number of thiophene rings is 1. The summed E-state index contributed by atoms with van der Waals surface area (Å²) in [5, 5.41) is 8.12. The molecule has 4 rings (SSSR count). The van der Waals surface area contributed by atoms with Gasteiger partial charge in [0, 0.05) is 18.8 Å². The second kappa shape index (κ2) is 4.91. The minimum atomic E-state index is -0.198. The van der Waals surface area contributed by atoms with Gasteiger partial charge in [0.05, 0.1) is 10.2 Å². The molecule has 0 aliphatic carbocycles. The predicted molar refractivity (Wildman–Crippen MR) is 82.4 cm³/mol. The highest BCUT2D eigenvalue weighted by atomic mass is 32.1. The van der Waals surface area contributed by atoms with Crippen LogP contribution in [0.15, 0.2) is 36.0 Å². The summed E-state index contributed by atoms with van der Waals surface area (Å²) >= 11 is 1.48. The van der Waals surface area contributed by atoms with Crippen molar-refractivity contribution in [1.29, 1.82) is 0 Å². The number of fused-ring (bicyclic) bond motifs is 2. The summed E-state index contributed by atoms with van der Waals surface area (Å²) in [6.45, 7) is 1.74. The third-order valence-corrected chi connectivity index (χ3v) is 4.46. The Balaban J connectivity index is 1.65. The SMILES string of the molecule is O=C(Nc1ccc2c(c1)CNC2)c1ncnc2ccsc12. The van der Waals surface area contributed by atoms with E-state index in [-0.39, 0.29) is 5.91 Å². The lowest BCUT2D eigenvalue weighted by Crippen LogP contribution is -2.14. The van der Waals surface area contributed by atoms with E-state index in [0.717, 1.165) is 29.0 Å². The molecule has 0 saturated heterocycles. The second-order valence-electron chi connectivity index (χ2n) is 4.90. The van der Waals surface area contributed by atoms with Crippen molar-refractivity contribution in [3.63, 3.8) is 0 Å². The zero-order valence-corrected chi connectivity index (χ0v) is 11.9. The van der Waals surface area contributed by atoms with Crippen LogP contribution in [-0.2, 0) is 13.1 Å². The van der Waals surface area contributed by atoms with E-state index >= 15 is 0 Å². The molecule has 21 heavy (non-hydrogen) atoms. The molecule has 0 fully saturated rings. The Labute approximate surface area is 125 Å². The first kappa shape index (κ1) is 12.4. The molecule has 3 aromatic rings. The molecule has 3 heterocycles. The molecule has 104 valence electrons. The van der Waals surface area contributed by atoms with E-state index in [1.165, 1.54) is 28.8 Å². The smallest absolute Gasteiger partial charge is 0.275 e. The maximum absolute atomic E-state index is 12.4. The van der Waals surface area contributed by atoms with Gasteiger partial charge in [0.25, 0.3) is 5.91 Å². The van der Waals surface area contributed by atoms with Gasteiger partial charge in [0.15, 0.2) is 0 Å². The van der Waals surface area contributed by atoms with Gasteiger partial charge in [-0.1, -0.05) is 6.07 Å². The number of carbonyl (C=O) groups excluding carboxylic acids is 1. The lowest BCUT2D eigenvalue weighted by molar-refractivity contribution is 0.102. The zero-order valence-electron chi connectivity index (χ0n) is 11.1. The first-order valence-electron chi connectivity index (χ1n) is 6.63. The van der Waals surface area contributed by atoms with Crippen LogP contribution >= 0.6 is 11.3 Å². The molecule has 0 radical (unpaired) electrons. The number of hydrogen-bond donors (Lipinski definition) is 2. The van der Waals surface area contributed by atoms with Gasteiger partial charge in [-0.05, 0) is 34.7 Å². The molecule has 2 aromatic heterocycles. The molecule has 1 aliphatic heterocycles. The Morgan fingerprint density at radius 3 is 3.05 bits per heavy atom. The van der Waals surface area contributed by atoms with Crippen LogP contribution in [-0.4, -0.2) is 15.9 Å². The van der Waals surface area contributed by atoms with Crippen LogP contribution in [0, 0.1) is 0 Å². The Bertz CT molecular complexity index is 843. The Hall–Kier alpha value is -2.31. The number of anilines is 1. The predicted octanol–water partition coefficient (Wildman–Crippen LogP) is 2.55. The number of benzene rings is 1. The van der Waals surface area contributed by atoms with Crippen LogP contribution in [0.1, 0.15) is 21.6 Å². The van der Waals surface area contributed by atoms with Gasteiger partial charge >= 0.3 is 0 Å². The average Bonchev–Trinajstić information content (AvgIpc) is 3.14. The van der Waals surface area contributed by atoms with Crippen molar-refractivity contribution in [3.8, 4) is 0 Å². The van der Waals surface area contributed by atoms with Gasteiger partial charge in [-0.3, -0.25) is 4.79 Å². The van der Waals surface area contributed by atoms with Gasteiger partial charge in [-0.15, -0.1) is 11.3 Å². The molecule has 0 unspecified atom stereocenters. The molecule has 0 spiro atoms. The van der Waals surface area contributed by atoms with Crippen LogP contribution < -0.4 is 10.6 Å². The van der Waals surface area contributed by atoms with Crippen LogP contribution in [0.25, 0.3) is 10.2 Å². The van der Waals surface area contributed by atoms with E-state index < -0.39 is 0 Å². The number of nitrogens with one attached hydrogen (secondary N) is 2. The second-order valence-corrected chi connectivity index (χ2v) is 5.81. The molecule has 5 nitrogen and oxygen atoms in total. The minimum absolute atomic E-state index is 0.198. The molecule has 6 heteroatoms. The summed E-state index contributed by atoms with van der Waals surface area (Å²) in [4.78, 5) is 20.7. The van der Waals surface area contributed by atoms with Crippen LogP contribution in [0.3, 0.4) is 0 Å². The molecule has 1 aliphatic rings. The largest absolute Gasteiger partial charge is 0.321 e. The van der Waals surface area contributed by atoms with Gasteiger partial charge in [-0.2, -0.15) is 0 Å². The monoisotopic (exact) mass is 296 g/mol. The third-order valence-electron chi connectivity index (χ3n) is 3.55. The number of carbonyl (C=O) groups is 1. The van der Waals surface area contributed by atoms with E-state index in [1.54, 1.807) is 0 Å². The van der Waals surface area contributed by atoms with Crippen molar-refractivity contribution in [1.82, 2.24) is 15.3 Å². The molecule has 2 N–H and O–H groups in total. The van der Waals surface area contributed by atoms with Crippen LogP contribution in [0.2, 0.25) is 0 Å². The van der Waals surface area contributed by atoms with Gasteiger partial charge < -0.3 is 10.6 Å². The van der Waals surface area contributed by atoms with Crippen molar-refractivity contribution in [2.24, 2.45) is 0 Å². The van der Waals surface area contributed by atoms with Crippen LogP contribution in [0.5, 0.6) is 0 Å². The van der Waals surface area contributed by atoms with Crippen molar-refractivity contribution in [2.45, 2.75) is 13.1 Å². The van der Waals surface area contributed by atoms with Crippen molar-refractivity contribution >= 4 is 33.1 Å². The molecule has 0 bridgehead atoms. The number of rotatable bonds is 2. The highest BCUT2D eigenvalue weighted by Crippen LogP contribution is 2.23. The van der Waals surface area contributed by atoms with Crippen molar-refractivity contribution in [3.05, 3.63) is 52.8 Å². The first-order valence-corrected chi connectivity index (χ1v) is 7.51. The van der Waals surface area contributed by atoms with E-state index in [2.05, 4.69) is 20.6 Å². The average molecular weight is 296 g/mol. The summed E-state index contributed by atoms with van der Waals surface area (Å²) in [6.07, 6.45) is 1.43. The summed E-state index contributed by atoms with van der Waals surface area (Å²) in [7, 11) is 0. The fourth-order valence-electron chi connectivity index (χ4n) is 2.51. The van der Waals surface area contributed by atoms with Gasteiger partial charge in [0.1, 0.15) is 12.0 Å². The Morgan fingerprint density at radius 2 is 2.10 bits per heavy atom. The highest BCUT2D eigenvalue weighted by molar-refractivity contribution is 7.17. The maximum Gasteiger partial charge on any atom is 0.275 e. The summed E-state index contributed by atoms with van der Waals surface area (Å²) in [5.41, 5.74) is 4.55. The molecule has 1 amide bonds. The van der Waals surface area contributed by atoms with Crippen LogP contribution in [0.4, 0.5) is 5.69 Å². The normalized spacial score (nSPS) is 13.3. The fourth-order valence-corrected chi connectivity index (χ4v) is 3.34. The number of hydrogen-bond acceptors (Lipinski definition) is 5. The summed E-state index contributed by atoms with van der Waals surface area (Å²) in [6, 6.07) is 7.88. The molecule has 0 atom stereocenters. The Morgan fingerprint density at radius 1 is 1.19 bits per heavy atom. The van der Waals surface area contributed by atoms with E-state index in [0.29, 0.717) is 5.69 Å². The highest BCUT2D eigenvalue weighted by Gasteiger charge is 2.15. The lowest BCUT2D eigenvalue weighted by atomic mass is 10.1. The van der Waals surface area contributed by atoms with Gasteiger partial charge in [-0.25, -0.2) is 9.97 Å². The number of nitrogens with zero attached hydrogens (tertiary/aromatic N) is 2. The van der Waals surface area contributed by atoms with E-state index in [1.807, 2.05) is 29.6 Å². The lowest BCUT2D eigenvalue weighted by Gasteiger charge is -2.07. The fraction of sp³-hybridized carbons (Fsp3) is 0.133. The third kappa shape index (κ3) is 2.18. The van der Waals surface area contributed by atoms with E-state index in [4.69, 9.17) is 0 Å². The molecule has 1 aromatic carbocycles. The maximum atomic E-state index is 12.4. The molecular weight excluding hydrogens is 284 g/mol. The minimum Gasteiger partial charge on any atom is -0.321 e. The van der Waals surface area contributed by atoms with Crippen molar-refractivity contribution in [2.75, 3.05) is 5.32 Å². The standard InChI is InChI=1S/C15H12N4OS/c20-15(13-14-12(3-4-21-14)17-8-18-13)19-11-2-1-9-6-16-7-10(9)5-11/h1-5,8,16H,6-7H2,(H,19,20). The van der Waals surface area contributed by atoms with Gasteiger partial charge in [0.2, 0.25) is 0 Å². The summed E-state index contributed by atoms with van der Waals surface area (Å²) in [5.74, 6) is -0.198. The number of aromatic nitrogens is 2. The first-order chi connectivity index (χ1) is 10.3. The molecule has 0 saturated carbocycles. The summed E-state index contributed by atoms with van der Waals surface area (Å²) < 4.78 is 0.817. The topological polar surface area (TPSA) is 66.9 Å². The zero-order chi connectivity index (χ0) is 14.2. The quantitative estimate of drug-likeness (QED) is 0.762. The number of amides is 1.